The van der Waals surface area contributed by atoms with Gasteiger partial charge >= 0.3 is 12.1 Å². The Balaban J connectivity index is 2.15. The van der Waals surface area contributed by atoms with Crippen molar-refractivity contribution in [1.82, 2.24) is 4.98 Å². The first-order valence-electron chi connectivity index (χ1n) is 8.59. The van der Waals surface area contributed by atoms with Gasteiger partial charge in [-0.3, -0.25) is 9.78 Å². The van der Waals surface area contributed by atoms with Crippen molar-refractivity contribution < 1.29 is 27.5 Å². The number of carbonyl (C=O) groups excluding carboxylic acids is 2. The lowest BCUT2D eigenvalue weighted by molar-refractivity contribution is -0.137. The molecule has 9 heteroatoms. The molecule has 1 aromatic heterocycles. The summed E-state index contributed by atoms with van der Waals surface area (Å²) in [5, 5.41) is 2.41. The number of hydrogen-bond acceptors (Lipinski definition) is 5. The van der Waals surface area contributed by atoms with Crippen LogP contribution in [0.1, 0.15) is 29.8 Å². The first-order chi connectivity index (χ1) is 13.3. The van der Waals surface area contributed by atoms with Crippen LogP contribution in [0.15, 0.2) is 42.7 Å². The lowest BCUT2D eigenvalue weighted by Crippen LogP contribution is -2.26. The van der Waals surface area contributed by atoms with E-state index in [1.807, 2.05) is 13.8 Å². The molecule has 0 bridgehead atoms. The number of amides is 1. The van der Waals surface area contributed by atoms with Gasteiger partial charge in [0, 0.05) is 25.5 Å². The first-order valence-corrected chi connectivity index (χ1v) is 8.59. The van der Waals surface area contributed by atoms with E-state index >= 15 is 0 Å². The highest BCUT2D eigenvalue weighted by atomic mass is 19.4. The predicted octanol–water partition coefficient (Wildman–Crippen LogP) is 3.74. The van der Waals surface area contributed by atoms with E-state index in [0.29, 0.717) is 18.8 Å². The van der Waals surface area contributed by atoms with Gasteiger partial charge in [0.2, 0.25) is 0 Å². The van der Waals surface area contributed by atoms with Crippen LogP contribution in [-0.2, 0) is 15.7 Å². The maximum atomic E-state index is 13.0. The molecule has 0 aliphatic rings. The quantitative estimate of drug-likeness (QED) is 0.723. The maximum absolute atomic E-state index is 13.0. The summed E-state index contributed by atoms with van der Waals surface area (Å²) in [5.41, 5.74) is -0.268. The Kier molecular flexibility index (Phi) is 6.97. The smallest absolute Gasteiger partial charge is 0.416 e. The molecule has 2 rings (SSSR count). The third kappa shape index (κ3) is 5.45. The van der Waals surface area contributed by atoms with Crippen molar-refractivity contribution in [3.8, 4) is 0 Å². The Bertz CT molecular complexity index is 822. The molecule has 150 valence electrons. The molecule has 0 saturated carbocycles. The van der Waals surface area contributed by atoms with Crippen molar-refractivity contribution in [2.24, 2.45) is 0 Å². The van der Waals surface area contributed by atoms with Gasteiger partial charge in [-0.1, -0.05) is 0 Å². The summed E-state index contributed by atoms with van der Waals surface area (Å²) in [4.78, 5) is 29.6. The Labute approximate surface area is 160 Å². The number of aromatic nitrogens is 1. The second kappa shape index (κ2) is 9.20. The molecule has 0 fully saturated rings. The largest absolute Gasteiger partial charge is 0.452 e. The van der Waals surface area contributed by atoms with E-state index in [4.69, 9.17) is 4.74 Å². The number of esters is 1. The van der Waals surface area contributed by atoms with Crippen molar-refractivity contribution in [3.05, 3.63) is 53.9 Å². The third-order valence-electron chi connectivity index (χ3n) is 3.93. The van der Waals surface area contributed by atoms with Crippen molar-refractivity contribution in [1.29, 1.82) is 0 Å². The SMILES string of the molecule is CCN(CC)c1ccc(C(F)(F)F)cc1NC(=O)COC(=O)c1cccnc1. The number of anilines is 2. The molecule has 28 heavy (non-hydrogen) atoms. The molecule has 1 heterocycles. The van der Waals surface area contributed by atoms with Gasteiger partial charge in [0.25, 0.3) is 5.91 Å². The van der Waals surface area contributed by atoms with E-state index in [-0.39, 0.29) is 11.3 Å². The zero-order valence-electron chi connectivity index (χ0n) is 15.4. The molecule has 0 saturated heterocycles. The summed E-state index contributed by atoms with van der Waals surface area (Å²) in [5.74, 6) is -1.50. The minimum absolute atomic E-state index is 0.000881. The topological polar surface area (TPSA) is 71.5 Å². The molecular formula is C19H20F3N3O3. The Hall–Kier alpha value is -3.10. The molecule has 2 aromatic rings. The summed E-state index contributed by atoms with van der Waals surface area (Å²) < 4.78 is 44.0. The van der Waals surface area contributed by atoms with E-state index in [0.717, 1.165) is 12.1 Å². The molecule has 0 spiro atoms. The van der Waals surface area contributed by atoms with Crippen LogP contribution in [0.4, 0.5) is 24.5 Å². The summed E-state index contributed by atoms with van der Waals surface area (Å²) in [6.07, 6.45) is -1.79. The number of benzene rings is 1. The van der Waals surface area contributed by atoms with Crippen molar-refractivity contribution in [2.75, 3.05) is 29.9 Å². The van der Waals surface area contributed by atoms with Crippen LogP contribution < -0.4 is 10.2 Å². The third-order valence-corrected chi connectivity index (χ3v) is 3.93. The molecule has 0 unspecified atom stereocenters. The van der Waals surface area contributed by atoms with Gasteiger partial charge in [-0.05, 0) is 44.2 Å². The minimum Gasteiger partial charge on any atom is -0.452 e. The van der Waals surface area contributed by atoms with Gasteiger partial charge in [-0.2, -0.15) is 13.2 Å². The molecule has 0 atom stereocenters. The number of alkyl halides is 3. The summed E-state index contributed by atoms with van der Waals surface area (Å²) in [6.45, 7) is 4.15. The Morgan fingerprint density at radius 2 is 1.89 bits per heavy atom. The van der Waals surface area contributed by atoms with Gasteiger partial charge < -0.3 is 15.0 Å². The van der Waals surface area contributed by atoms with Gasteiger partial charge in [0.05, 0.1) is 22.5 Å². The van der Waals surface area contributed by atoms with Crippen LogP contribution in [-0.4, -0.2) is 36.6 Å². The monoisotopic (exact) mass is 395 g/mol. The van der Waals surface area contributed by atoms with E-state index in [1.165, 1.54) is 30.6 Å². The number of nitrogens with zero attached hydrogens (tertiary/aromatic N) is 2. The van der Waals surface area contributed by atoms with Crippen LogP contribution in [0.25, 0.3) is 0 Å². The number of hydrogen-bond donors (Lipinski definition) is 1. The fraction of sp³-hybridized carbons (Fsp3) is 0.316. The second-order valence-electron chi connectivity index (χ2n) is 5.77. The zero-order valence-corrected chi connectivity index (χ0v) is 15.4. The maximum Gasteiger partial charge on any atom is 0.416 e. The number of nitrogens with one attached hydrogen (secondary N) is 1. The molecule has 1 N–H and O–H groups in total. The Morgan fingerprint density at radius 1 is 1.18 bits per heavy atom. The number of rotatable bonds is 7. The molecular weight excluding hydrogens is 375 g/mol. The lowest BCUT2D eigenvalue weighted by atomic mass is 10.1. The number of pyridine rings is 1. The highest BCUT2D eigenvalue weighted by molar-refractivity contribution is 5.97. The van der Waals surface area contributed by atoms with Crippen molar-refractivity contribution >= 4 is 23.3 Å². The summed E-state index contributed by atoms with van der Waals surface area (Å²) in [7, 11) is 0. The van der Waals surface area contributed by atoms with E-state index < -0.39 is 30.2 Å². The molecule has 0 radical (unpaired) electrons. The second-order valence-corrected chi connectivity index (χ2v) is 5.77. The van der Waals surface area contributed by atoms with Crippen LogP contribution in [0.2, 0.25) is 0 Å². The highest BCUT2D eigenvalue weighted by Crippen LogP contribution is 2.35. The van der Waals surface area contributed by atoms with Crippen molar-refractivity contribution in [2.45, 2.75) is 20.0 Å². The van der Waals surface area contributed by atoms with Crippen LogP contribution in [0, 0.1) is 0 Å². The number of carbonyl (C=O) groups is 2. The number of halogens is 3. The van der Waals surface area contributed by atoms with E-state index in [2.05, 4.69) is 10.3 Å². The lowest BCUT2D eigenvalue weighted by Gasteiger charge is -2.25. The average molecular weight is 395 g/mol. The van der Waals surface area contributed by atoms with Gasteiger partial charge in [-0.25, -0.2) is 4.79 Å². The summed E-state index contributed by atoms with van der Waals surface area (Å²) >= 11 is 0. The fourth-order valence-corrected chi connectivity index (χ4v) is 2.54. The number of ether oxygens (including phenoxy) is 1. The first kappa shape index (κ1) is 21.2. The van der Waals surface area contributed by atoms with Gasteiger partial charge in [-0.15, -0.1) is 0 Å². The standard InChI is InChI=1S/C19H20F3N3O3/c1-3-25(4-2)16-8-7-14(19(20,21)22)10-15(16)24-17(26)12-28-18(27)13-6-5-9-23-11-13/h5-11H,3-4,12H2,1-2H3,(H,24,26). The zero-order chi connectivity index (χ0) is 20.7. The Morgan fingerprint density at radius 3 is 2.46 bits per heavy atom. The molecule has 0 aliphatic carbocycles. The minimum atomic E-state index is -4.55. The fourth-order valence-electron chi connectivity index (χ4n) is 2.54. The predicted molar refractivity (Wildman–Crippen MR) is 98.2 cm³/mol. The van der Waals surface area contributed by atoms with Gasteiger partial charge in [0.1, 0.15) is 0 Å². The van der Waals surface area contributed by atoms with Crippen LogP contribution in [0.3, 0.4) is 0 Å². The van der Waals surface area contributed by atoms with Crippen molar-refractivity contribution in [3.63, 3.8) is 0 Å². The average Bonchev–Trinajstić information content (AvgIpc) is 2.68. The molecule has 1 aromatic carbocycles. The molecule has 1 amide bonds. The van der Waals surface area contributed by atoms with E-state index in [1.54, 1.807) is 4.90 Å². The summed E-state index contributed by atoms with van der Waals surface area (Å²) in [6, 6.07) is 6.15. The van der Waals surface area contributed by atoms with Gasteiger partial charge in [0.15, 0.2) is 6.61 Å². The van der Waals surface area contributed by atoms with Crippen LogP contribution in [0.5, 0.6) is 0 Å². The van der Waals surface area contributed by atoms with E-state index in [9.17, 15) is 22.8 Å². The normalized spacial score (nSPS) is 11.0. The highest BCUT2D eigenvalue weighted by Gasteiger charge is 2.31. The van der Waals surface area contributed by atoms with Crippen LogP contribution >= 0.6 is 0 Å². The molecule has 0 aliphatic heterocycles. The molecule has 6 nitrogen and oxygen atoms in total.